The van der Waals surface area contributed by atoms with Gasteiger partial charge in [0.15, 0.2) is 0 Å². The van der Waals surface area contributed by atoms with Crippen molar-refractivity contribution in [1.82, 2.24) is 15.1 Å². The lowest BCUT2D eigenvalue weighted by Gasteiger charge is -2.33. The fraction of sp³-hybridized carbons (Fsp3) is 0.471. The Bertz CT molecular complexity index is 695. The third-order valence-electron chi connectivity index (χ3n) is 4.18. The highest BCUT2D eigenvalue weighted by molar-refractivity contribution is 5.76. The second kappa shape index (κ2) is 7.42. The van der Waals surface area contributed by atoms with Gasteiger partial charge in [-0.25, -0.2) is 4.39 Å². The van der Waals surface area contributed by atoms with Crippen molar-refractivity contribution in [2.75, 3.05) is 31.1 Å². The maximum absolute atomic E-state index is 13.2. The summed E-state index contributed by atoms with van der Waals surface area (Å²) in [7, 11) is 0. The van der Waals surface area contributed by atoms with E-state index in [1.54, 1.807) is 6.07 Å². The quantitative estimate of drug-likeness (QED) is 0.838. The van der Waals surface area contributed by atoms with E-state index in [4.69, 9.17) is 4.42 Å². The van der Waals surface area contributed by atoms with Gasteiger partial charge in [0.05, 0.1) is 0 Å². The second-order valence-corrected chi connectivity index (χ2v) is 5.83. The van der Waals surface area contributed by atoms with Crippen molar-refractivity contribution in [3.8, 4) is 0 Å². The molecule has 7 heteroatoms. The summed E-state index contributed by atoms with van der Waals surface area (Å²) < 4.78 is 18.7. The molecule has 1 aliphatic rings. The van der Waals surface area contributed by atoms with Crippen LogP contribution in [0.25, 0.3) is 0 Å². The van der Waals surface area contributed by atoms with E-state index >= 15 is 0 Å². The van der Waals surface area contributed by atoms with Gasteiger partial charge < -0.3 is 14.2 Å². The predicted molar refractivity (Wildman–Crippen MR) is 87.2 cm³/mol. The molecule has 6 nitrogen and oxygen atoms in total. The van der Waals surface area contributed by atoms with Gasteiger partial charge in [-0.15, -0.1) is 5.10 Å². The summed E-state index contributed by atoms with van der Waals surface area (Å²) in [5, 5.41) is 8.00. The van der Waals surface area contributed by atoms with Gasteiger partial charge in [-0.1, -0.05) is 24.2 Å². The van der Waals surface area contributed by atoms with Crippen LogP contribution in [0.3, 0.4) is 0 Å². The topological polar surface area (TPSA) is 62.5 Å². The minimum absolute atomic E-state index is 0.0960. The smallest absolute Gasteiger partial charge is 0.318 e. The molecule has 1 aromatic carbocycles. The number of amides is 1. The Hall–Kier alpha value is -2.44. The van der Waals surface area contributed by atoms with Crippen LogP contribution in [0.5, 0.6) is 0 Å². The molecule has 0 unspecified atom stereocenters. The third-order valence-corrected chi connectivity index (χ3v) is 4.18. The largest absolute Gasteiger partial charge is 0.408 e. The molecule has 0 saturated carbocycles. The molecule has 0 aliphatic carbocycles. The Kier molecular flexibility index (Phi) is 5.08. The van der Waals surface area contributed by atoms with Crippen LogP contribution >= 0.6 is 0 Å². The summed E-state index contributed by atoms with van der Waals surface area (Å²) in [5.41, 5.74) is 0.847. The van der Waals surface area contributed by atoms with Crippen LogP contribution in [0.2, 0.25) is 0 Å². The van der Waals surface area contributed by atoms with Gasteiger partial charge in [0.2, 0.25) is 11.8 Å². The van der Waals surface area contributed by atoms with Crippen molar-refractivity contribution in [1.29, 1.82) is 0 Å². The molecule has 2 heterocycles. The number of aryl methyl sites for hydroxylation is 2. The summed E-state index contributed by atoms with van der Waals surface area (Å²) in [5.74, 6) is 0.455. The maximum Gasteiger partial charge on any atom is 0.318 e. The average molecular weight is 332 g/mol. The Morgan fingerprint density at radius 3 is 2.71 bits per heavy atom. The van der Waals surface area contributed by atoms with Crippen molar-refractivity contribution < 1.29 is 13.6 Å². The Morgan fingerprint density at radius 1 is 1.25 bits per heavy atom. The normalized spacial score (nSPS) is 14.9. The number of carbonyl (C=O) groups excluding carboxylic acids is 1. The van der Waals surface area contributed by atoms with Gasteiger partial charge in [-0.3, -0.25) is 4.79 Å². The molecule has 0 radical (unpaired) electrons. The molecule has 3 rings (SSSR count). The first-order valence-corrected chi connectivity index (χ1v) is 8.25. The van der Waals surface area contributed by atoms with E-state index in [2.05, 4.69) is 10.2 Å². The number of benzene rings is 1. The number of hydrogen-bond donors (Lipinski definition) is 0. The minimum Gasteiger partial charge on any atom is -0.408 e. The molecule has 128 valence electrons. The Morgan fingerprint density at radius 2 is 2.04 bits per heavy atom. The van der Waals surface area contributed by atoms with Crippen LogP contribution in [0, 0.1) is 5.82 Å². The second-order valence-electron chi connectivity index (χ2n) is 5.83. The van der Waals surface area contributed by atoms with E-state index < -0.39 is 0 Å². The van der Waals surface area contributed by atoms with E-state index in [0.717, 1.165) is 5.56 Å². The zero-order valence-electron chi connectivity index (χ0n) is 13.7. The van der Waals surface area contributed by atoms with Crippen molar-refractivity contribution in [3.63, 3.8) is 0 Å². The lowest BCUT2D eigenvalue weighted by molar-refractivity contribution is -0.131. The van der Waals surface area contributed by atoms with Crippen LogP contribution in [0.1, 0.15) is 24.8 Å². The summed E-state index contributed by atoms with van der Waals surface area (Å²) in [6, 6.07) is 6.93. The number of rotatable bonds is 5. The molecule has 1 aliphatic heterocycles. The predicted octanol–water partition coefficient (Wildman–Crippen LogP) is 2.05. The first-order chi connectivity index (χ1) is 11.7. The number of aromatic nitrogens is 2. The number of anilines is 1. The third kappa shape index (κ3) is 3.90. The maximum atomic E-state index is 13.2. The van der Waals surface area contributed by atoms with Crippen LogP contribution in [-0.4, -0.2) is 47.2 Å². The van der Waals surface area contributed by atoms with Crippen molar-refractivity contribution in [2.24, 2.45) is 0 Å². The molecule has 2 aromatic rings. The Labute approximate surface area is 140 Å². The number of hydrogen-bond acceptors (Lipinski definition) is 5. The zero-order valence-corrected chi connectivity index (χ0v) is 13.7. The van der Waals surface area contributed by atoms with Crippen LogP contribution in [-0.2, 0) is 17.6 Å². The summed E-state index contributed by atoms with van der Waals surface area (Å²) >= 11 is 0. The number of carbonyl (C=O) groups is 1. The lowest BCUT2D eigenvalue weighted by Crippen LogP contribution is -2.49. The first kappa shape index (κ1) is 16.4. The number of piperazine rings is 1. The molecule has 0 bridgehead atoms. The lowest BCUT2D eigenvalue weighted by atomic mass is 10.1. The van der Waals surface area contributed by atoms with E-state index in [0.29, 0.717) is 57.3 Å². The van der Waals surface area contributed by atoms with Gasteiger partial charge in [-0.05, 0) is 24.1 Å². The molecule has 1 amide bonds. The van der Waals surface area contributed by atoms with Gasteiger partial charge in [0.25, 0.3) is 0 Å². The average Bonchev–Trinajstić information content (AvgIpc) is 3.09. The molecule has 1 aromatic heterocycles. The SMILES string of the molecule is CCc1nnc(N2CCN(C(=O)CCc3cccc(F)c3)CC2)o1. The van der Waals surface area contributed by atoms with Crippen molar-refractivity contribution in [2.45, 2.75) is 26.2 Å². The number of nitrogens with zero attached hydrogens (tertiary/aromatic N) is 4. The van der Waals surface area contributed by atoms with Crippen molar-refractivity contribution >= 4 is 11.9 Å². The zero-order chi connectivity index (χ0) is 16.9. The highest BCUT2D eigenvalue weighted by atomic mass is 19.1. The standard InChI is InChI=1S/C17H21FN4O2/c1-2-15-19-20-17(24-15)22-10-8-21(9-11-22)16(23)7-6-13-4-3-5-14(18)12-13/h3-5,12H,2,6-11H2,1H3. The van der Waals surface area contributed by atoms with Crippen LogP contribution < -0.4 is 4.90 Å². The highest BCUT2D eigenvalue weighted by Crippen LogP contribution is 2.16. The summed E-state index contributed by atoms with van der Waals surface area (Å²) in [6.45, 7) is 4.58. The molecule has 24 heavy (non-hydrogen) atoms. The Balaban J connectivity index is 1.48. The molecular formula is C17H21FN4O2. The summed E-state index contributed by atoms with van der Waals surface area (Å²) in [4.78, 5) is 16.2. The van der Waals surface area contributed by atoms with E-state index in [1.165, 1.54) is 12.1 Å². The summed E-state index contributed by atoms with van der Waals surface area (Å²) in [6.07, 6.45) is 1.66. The van der Waals surface area contributed by atoms with E-state index in [9.17, 15) is 9.18 Å². The fourth-order valence-electron chi connectivity index (χ4n) is 2.76. The van der Waals surface area contributed by atoms with Gasteiger partial charge in [0, 0.05) is 39.0 Å². The van der Waals surface area contributed by atoms with Gasteiger partial charge in [0.1, 0.15) is 5.82 Å². The molecule has 0 atom stereocenters. The molecular weight excluding hydrogens is 311 g/mol. The van der Waals surface area contributed by atoms with Crippen LogP contribution in [0.4, 0.5) is 10.4 Å². The first-order valence-electron chi connectivity index (χ1n) is 8.25. The van der Waals surface area contributed by atoms with Gasteiger partial charge in [-0.2, -0.15) is 0 Å². The highest BCUT2D eigenvalue weighted by Gasteiger charge is 2.23. The van der Waals surface area contributed by atoms with E-state index in [-0.39, 0.29) is 11.7 Å². The fourth-order valence-corrected chi connectivity index (χ4v) is 2.76. The molecule has 1 saturated heterocycles. The number of halogens is 1. The van der Waals surface area contributed by atoms with Crippen molar-refractivity contribution in [3.05, 3.63) is 41.5 Å². The van der Waals surface area contributed by atoms with Crippen LogP contribution in [0.15, 0.2) is 28.7 Å². The van der Waals surface area contributed by atoms with E-state index in [1.807, 2.05) is 22.8 Å². The monoisotopic (exact) mass is 332 g/mol. The van der Waals surface area contributed by atoms with Gasteiger partial charge >= 0.3 is 6.01 Å². The molecule has 0 N–H and O–H groups in total. The minimum atomic E-state index is -0.264. The molecule has 1 fully saturated rings. The molecule has 0 spiro atoms.